The highest BCUT2D eigenvalue weighted by molar-refractivity contribution is 5.84. The second kappa shape index (κ2) is 7.85. The maximum Gasteiger partial charge on any atom is 0.320 e. The third kappa shape index (κ3) is 4.91. The molecule has 7 heteroatoms. The number of likely N-dealkylation sites (N-methyl/N-ethyl adjacent to an activating group) is 1. The fourth-order valence-electron chi connectivity index (χ4n) is 2.50. The molecule has 0 saturated carbocycles. The first-order chi connectivity index (χ1) is 9.86. The molecule has 0 bridgehead atoms. The second-order valence-electron chi connectivity index (χ2n) is 5.59. The van der Waals surface area contributed by atoms with E-state index < -0.39 is 5.97 Å². The van der Waals surface area contributed by atoms with Gasteiger partial charge in [-0.05, 0) is 26.2 Å². The Balaban J connectivity index is 2.51. The van der Waals surface area contributed by atoms with Crippen LogP contribution in [0.3, 0.4) is 0 Å². The minimum Gasteiger partial charge on any atom is -0.481 e. The lowest BCUT2D eigenvalue weighted by molar-refractivity contribution is -0.143. The Morgan fingerprint density at radius 2 is 2.05 bits per heavy atom. The average molecular weight is 299 g/mol. The van der Waals surface area contributed by atoms with Gasteiger partial charge in [-0.1, -0.05) is 6.92 Å². The van der Waals surface area contributed by atoms with Crippen molar-refractivity contribution in [3.8, 4) is 0 Å². The summed E-state index contributed by atoms with van der Waals surface area (Å²) >= 11 is 0. The molecule has 0 aromatic rings. The number of likely N-dealkylation sites (tertiary alicyclic amines) is 1. The Morgan fingerprint density at radius 3 is 2.57 bits per heavy atom. The van der Waals surface area contributed by atoms with Crippen molar-refractivity contribution in [3.05, 3.63) is 0 Å². The van der Waals surface area contributed by atoms with Gasteiger partial charge in [0.15, 0.2) is 0 Å². The monoisotopic (exact) mass is 299 g/mol. The van der Waals surface area contributed by atoms with Gasteiger partial charge >= 0.3 is 12.0 Å². The molecular weight excluding hydrogens is 274 g/mol. The minimum absolute atomic E-state index is 0.0183. The SMILES string of the molecule is CCCNC(=O)CN(C)C(=O)N1CCC(C(=O)O)CC1C. The van der Waals surface area contributed by atoms with E-state index >= 15 is 0 Å². The van der Waals surface area contributed by atoms with Crippen LogP contribution in [0.25, 0.3) is 0 Å². The predicted molar refractivity (Wildman–Crippen MR) is 77.9 cm³/mol. The molecule has 1 fully saturated rings. The van der Waals surface area contributed by atoms with Crippen molar-refractivity contribution in [3.63, 3.8) is 0 Å². The Labute approximate surface area is 125 Å². The molecule has 3 amide bonds. The molecule has 21 heavy (non-hydrogen) atoms. The maximum absolute atomic E-state index is 12.3. The molecule has 0 aliphatic carbocycles. The van der Waals surface area contributed by atoms with E-state index in [0.29, 0.717) is 25.9 Å². The number of urea groups is 1. The van der Waals surface area contributed by atoms with Gasteiger partial charge in [0.25, 0.3) is 0 Å². The summed E-state index contributed by atoms with van der Waals surface area (Å²) in [5.74, 6) is -1.37. The van der Waals surface area contributed by atoms with Crippen LogP contribution in [0.5, 0.6) is 0 Å². The number of carboxylic acid groups (broad SMARTS) is 1. The van der Waals surface area contributed by atoms with E-state index in [1.165, 1.54) is 4.90 Å². The number of hydrogen-bond donors (Lipinski definition) is 2. The number of piperidine rings is 1. The first-order valence-corrected chi connectivity index (χ1v) is 7.38. The van der Waals surface area contributed by atoms with Gasteiger partial charge in [0.05, 0.1) is 5.92 Å². The van der Waals surface area contributed by atoms with Gasteiger partial charge in [-0.15, -0.1) is 0 Å². The first kappa shape index (κ1) is 17.3. The van der Waals surface area contributed by atoms with Crippen LogP contribution < -0.4 is 5.32 Å². The summed E-state index contributed by atoms with van der Waals surface area (Å²) in [6.45, 7) is 4.84. The van der Waals surface area contributed by atoms with Crippen LogP contribution in [0.4, 0.5) is 4.79 Å². The summed E-state index contributed by atoms with van der Waals surface area (Å²) < 4.78 is 0. The van der Waals surface area contributed by atoms with E-state index in [-0.39, 0.29) is 30.4 Å². The molecule has 0 aromatic carbocycles. The van der Waals surface area contributed by atoms with Crippen molar-refractivity contribution in [1.82, 2.24) is 15.1 Å². The van der Waals surface area contributed by atoms with E-state index in [4.69, 9.17) is 5.11 Å². The standard InChI is InChI=1S/C14H25N3O4/c1-4-6-15-12(18)9-16(3)14(21)17-7-5-11(13(19)20)8-10(17)2/h10-11H,4-9H2,1-3H3,(H,15,18)(H,19,20). The fraction of sp³-hybridized carbons (Fsp3) is 0.786. The Kier molecular flexibility index (Phi) is 6.45. The molecule has 1 heterocycles. The number of nitrogens with one attached hydrogen (secondary N) is 1. The van der Waals surface area contributed by atoms with E-state index in [0.717, 1.165) is 6.42 Å². The highest BCUT2D eigenvalue weighted by Crippen LogP contribution is 2.23. The van der Waals surface area contributed by atoms with Crippen LogP contribution in [-0.4, -0.2) is 65.5 Å². The molecule has 7 nitrogen and oxygen atoms in total. The van der Waals surface area contributed by atoms with Crippen molar-refractivity contribution in [2.45, 2.75) is 39.2 Å². The van der Waals surface area contributed by atoms with Gasteiger partial charge < -0.3 is 20.2 Å². The lowest BCUT2D eigenvalue weighted by atomic mass is 9.92. The quantitative estimate of drug-likeness (QED) is 0.784. The van der Waals surface area contributed by atoms with Crippen LogP contribution in [0.1, 0.15) is 33.1 Å². The van der Waals surface area contributed by atoms with Crippen molar-refractivity contribution >= 4 is 17.9 Å². The largest absolute Gasteiger partial charge is 0.481 e. The second-order valence-corrected chi connectivity index (χ2v) is 5.59. The van der Waals surface area contributed by atoms with Crippen LogP contribution in [0, 0.1) is 5.92 Å². The van der Waals surface area contributed by atoms with Crippen molar-refractivity contribution in [2.75, 3.05) is 26.7 Å². The van der Waals surface area contributed by atoms with Gasteiger partial charge in [0, 0.05) is 26.2 Å². The van der Waals surface area contributed by atoms with Crippen LogP contribution in [0.15, 0.2) is 0 Å². The number of aliphatic carboxylic acids is 1. The lowest BCUT2D eigenvalue weighted by Crippen LogP contribution is -2.52. The highest BCUT2D eigenvalue weighted by Gasteiger charge is 2.33. The van der Waals surface area contributed by atoms with Gasteiger partial charge in [0.2, 0.25) is 5.91 Å². The van der Waals surface area contributed by atoms with Crippen LogP contribution in [0.2, 0.25) is 0 Å². The summed E-state index contributed by atoms with van der Waals surface area (Å²) in [5, 5.41) is 11.7. The van der Waals surface area contributed by atoms with Crippen LogP contribution in [-0.2, 0) is 9.59 Å². The molecule has 0 aromatic heterocycles. The summed E-state index contributed by atoms with van der Waals surface area (Å²) in [7, 11) is 1.59. The van der Waals surface area contributed by atoms with Gasteiger partial charge in [0.1, 0.15) is 6.54 Å². The summed E-state index contributed by atoms with van der Waals surface area (Å²) in [6, 6.07) is -0.355. The van der Waals surface area contributed by atoms with Crippen molar-refractivity contribution < 1.29 is 19.5 Å². The Hall–Kier alpha value is -1.79. The third-order valence-electron chi connectivity index (χ3n) is 3.75. The molecule has 1 aliphatic rings. The lowest BCUT2D eigenvalue weighted by Gasteiger charge is -2.38. The fourth-order valence-corrected chi connectivity index (χ4v) is 2.50. The Bertz CT molecular complexity index is 400. The molecule has 1 rings (SSSR count). The van der Waals surface area contributed by atoms with Crippen molar-refractivity contribution in [1.29, 1.82) is 0 Å². The highest BCUT2D eigenvalue weighted by atomic mass is 16.4. The zero-order valence-electron chi connectivity index (χ0n) is 13.0. The van der Waals surface area contributed by atoms with Gasteiger partial charge in [-0.3, -0.25) is 9.59 Å². The predicted octanol–water partition coefficient (Wildman–Crippen LogP) is 0.750. The van der Waals surface area contributed by atoms with Gasteiger partial charge in [-0.2, -0.15) is 0 Å². The molecule has 2 unspecified atom stereocenters. The third-order valence-corrected chi connectivity index (χ3v) is 3.75. The number of carbonyl (C=O) groups excluding carboxylic acids is 2. The maximum atomic E-state index is 12.3. The van der Waals surface area contributed by atoms with Gasteiger partial charge in [-0.25, -0.2) is 4.79 Å². The van der Waals surface area contributed by atoms with Crippen LogP contribution >= 0.6 is 0 Å². The van der Waals surface area contributed by atoms with E-state index in [2.05, 4.69) is 5.32 Å². The first-order valence-electron chi connectivity index (χ1n) is 7.38. The minimum atomic E-state index is -0.804. The molecule has 0 radical (unpaired) electrons. The van der Waals surface area contributed by atoms with E-state index in [9.17, 15) is 14.4 Å². The van der Waals surface area contributed by atoms with E-state index in [1.807, 2.05) is 13.8 Å². The number of hydrogen-bond acceptors (Lipinski definition) is 3. The zero-order valence-corrected chi connectivity index (χ0v) is 13.0. The number of carbonyl (C=O) groups is 3. The number of carboxylic acids is 1. The zero-order chi connectivity index (χ0) is 16.0. The molecule has 0 spiro atoms. The number of rotatable bonds is 5. The summed E-state index contributed by atoms with van der Waals surface area (Å²) in [4.78, 5) is 38.0. The number of nitrogens with zero attached hydrogens (tertiary/aromatic N) is 2. The van der Waals surface area contributed by atoms with E-state index in [1.54, 1.807) is 11.9 Å². The molecule has 1 saturated heterocycles. The normalized spacial score (nSPS) is 21.8. The molecule has 120 valence electrons. The number of amides is 3. The molecular formula is C14H25N3O4. The smallest absolute Gasteiger partial charge is 0.320 e. The molecule has 2 N–H and O–H groups in total. The summed E-state index contributed by atoms with van der Waals surface area (Å²) in [6.07, 6.45) is 1.77. The summed E-state index contributed by atoms with van der Waals surface area (Å²) in [5.41, 5.74) is 0. The van der Waals surface area contributed by atoms with Crippen molar-refractivity contribution in [2.24, 2.45) is 5.92 Å². The Morgan fingerprint density at radius 1 is 1.38 bits per heavy atom. The topological polar surface area (TPSA) is 90.0 Å². The molecule has 1 aliphatic heterocycles. The molecule has 2 atom stereocenters. The average Bonchev–Trinajstić information content (AvgIpc) is 2.44.